The fourth-order valence-corrected chi connectivity index (χ4v) is 4.60. The van der Waals surface area contributed by atoms with E-state index in [0.29, 0.717) is 5.25 Å². The van der Waals surface area contributed by atoms with E-state index in [4.69, 9.17) is 16.3 Å². The summed E-state index contributed by atoms with van der Waals surface area (Å²) in [6.07, 6.45) is 2.30. The summed E-state index contributed by atoms with van der Waals surface area (Å²) < 4.78 is 7.14. The molecule has 22 heavy (non-hydrogen) atoms. The Morgan fingerprint density at radius 2 is 1.95 bits per heavy atom. The first kappa shape index (κ1) is 16.4. The molecular weight excluding hydrogens is 380 g/mol. The first-order valence-corrected chi connectivity index (χ1v) is 9.47. The number of ether oxygens (including phenoxy) is 1. The van der Waals surface area contributed by atoms with Crippen LogP contribution < -0.4 is 0 Å². The van der Waals surface area contributed by atoms with E-state index in [1.54, 1.807) is 0 Å². The number of rotatable bonds is 3. The van der Waals surface area contributed by atoms with Crippen molar-refractivity contribution in [2.24, 2.45) is 0 Å². The van der Waals surface area contributed by atoms with Gasteiger partial charge in [0, 0.05) is 26.2 Å². The molecule has 0 saturated carbocycles. The summed E-state index contributed by atoms with van der Waals surface area (Å²) in [7, 11) is 0. The summed E-state index contributed by atoms with van der Waals surface area (Å²) in [5, 5.41) is 1.35. The van der Waals surface area contributed by atoms with Gasteiger partial charge in [-0.05, 0) is 71.1 Å². The Kier molecular flexibility index (Phi) is 5.50. The van der Waals surface area contributed by atoms with Crippen molar-refractivity contribution < 1.29 is 4.74 Å². The summed E-state index contributed by atoms with van der Waals surface area (Å²) >= 11 is 11.6. The van der Waals surface area contributed by atoms with Crippen LogP contribution in [-0.4, -0.2) is 11.9 Å². The van der Waals surface area contributed by atoms with Crippen LogP contribution in [0.5, 0.6) is 0 Å². The molecule has 1 fully saturated rings. The smallest absolute Gasteiger partial charge is 0.0835 e. The number of aryl methyl sites for hydroxylation is 1. The zero-order valence-electron chi connectivity index (χ0n) is 12.4. The lowest BCUT2D eigenvalue weighted by Crippen LogP contribution is -2.21. The van der Waals surface area contributed by atoms with Gasteiger partial charge in [-0.25, -0.2) is 0 Å². The van der Waals surface area contributed by atoms with Gasteiger partial charge in [-0.2, -0.15) is 0 Å². The molecule has 0 bridgehead atoms. The molecule has 1 saturated heterocycles. The minimum atomic E-state index is 0.173. The van der Waals surface area contributed by atoms with Crippen molar-refractivity contribution in [1.82, 2.24) is 0 Å². The standard InChI is InChI=1S/C18H18BrClOS/c1-12-2-7-16(19)18(10-12)22-15-8-9-21-17(11-15)13-3-5-14(20)6-4-13/h2-7,10,15,17H,8-9,11H2,1H3. The Morgan fingerprint density at radius 3 is 2.73 bits per heavy atom. The molecule has 2 atom stereocenters. The van der Waals surface area contributed by atoms with E-state index in [1.165, 1.54) is 20.5 Å². The Bertz CT molecular complexity index is 644. The van der Waals surface area contributed by atoms with Crippen LogP contribution in [0.25, 0.3) is 0 Å². The van der Waals surface area contributed by atoms with Crippen LogP contribution in [0, 0.1) is 6.92 Å². The quantitative estimate of drug-likeness (QED) is 0.590. The van der Waals surface area contributed by atoms with Crippen LogP contribution in [0.2, 0.25) is 5.02 Å². The zero-order valence-corrected chi connectivity index (χ0v) is 15.5. The Labute approximate surface area is 149 Å². The largest absolute Gasteiger partial charge is 0.373 e. The van der Waals surface area contributed by atoms with Gasteiger partial charge in [-0.3, -0.25) is 0 Å². The Hall–Kier alpha value is -0.480. The molecule has 3 rings (SSSR count). The number of halogens is 2. The third-order valence-electron chi connectivity index (χ3n) is 3.86. The van der Waals surface area contributed by atoms with Gasteiger partial charge < -0.3 is 4.74 Å². The van der Waals surface area contributed by atoms with Gasteiger partial charge in [-0.15, -0.1) is 11.8 Å². The molecule has 0 aliphatic carbocycles. The molecule has 0 radical (unpaired) electrons. The highest BCUT2D eigenvalue weighted by Crippen LogP contribution is 2.40. The maximum atomic E-state index is 5.97. The van der Waals surface area contributed by atoms with Gasteiger partial charge in [0.15, 0.2) is 0 Å². The average Bonchev–Trinajstić information content (AvgIpc) is 2.52. The fourth-order valence-electron chi connectivity index (χ4n) is 2.66. The van der Waals surface area contributed by atoms with E-state index in [2.05, 4.69) is 53.2 Å². The van der Waals surface area contributed by atoms with Crippen LogP contribution in [0.1, 0.15) is 30.1 Å². The van der Waals surface area contributed by atoms with E-state index in [1.807, 2.05) is 23.9 Å². The molecule has 1 aliphatic heterocycles. The summed E-state index contributed by atoms with van der Waals surface area (Å²) in [6.45, 7) is 2.95. The normalized spacial score (nSPS) is 21.8. The second-order valence-corrected chi connectivity index (χ2v) is 8.24. The van der Waals surface area contributed by atoms with Crippen molar-refractivity contribution in [3.63, 3.8) is 0 Å². The molecule has 0 aromatic heterocycles. The molecule has 1 nitrogen and oxygen atoms in total. The van der Waals surface area contributed by atoms with Gasteiger partial charge in [0.05, 0.1) is 6.10 Å². The Morgan fingerprint density at radius 1 is 1.18 bits per heavy atom. The van der Waals surface area contributed by atoms with Crippen LogP contribution in [0.15, 0.2) is 51.8 Å². The van der Waals surface area contributed by atoms with Crippen molar-refractivity contribution >= 4 is 39.3 Å². The highest BCUT2D eigenvalue weighted by molar-refractivity contribution is 9.10. The highest BCUT2D eigenvalue weighted by atomic mass is 79.9. The number of hydrogen-bond acceptors (Lipinski definition) is 2. The van der Waals surface area contributed by atoms with E-state index in [0.717, 1.165) is 24.5 Å². The average molecular weight is 398 g/mol. The maximum absolute atomic E-state index is 5.97. The summed E-state index contributed by atoms with van der Waals surface area (Å²) in [5.74, 6) is 0. The lowest BCUT2D eigenvalue weighted by molar-refractivity contribution is 0.0178. The molecule has 2 aromatic carbocycles. The highest BCUT2D eigenvalue weighted by Gasteiger charge is 2.25. The van der Waals surface area contributed by atoms with E-state index in [9.17, 15) is 0 Å². The summed E-state index contributed by atoms with van der Waals surface area (Å²) in [6, 6.07) is 14.5. The minimum Gasteiger partial charge on any atom is -0.373 e. The van der Waals surface area contributed by atoms with Crippen molar-refractivity contribution in [2.75, 3.05) is 6.61 Å². The van der Waals surface area contributed by atoms with Gasteiger partial charge in [-0.1, -0.05) is 29.8 Å². The lowest BCUT2D eigenvalue weighted by atomic mass is 10.0. The third-order valence-corrected chi connectivity index (χ3v) is 6.42. The number of thioether (sulfide) groups is 1. The van der Waals surface area contributed by atoms with Gasteiger partial charge in [0.2, 0.25) is 0 Å². The molecule has 1 aliphatic rings. The molecule has 1 heterocycles. The van der Waals surface area contributed by atoms with E-state index < -0.39 is 0 Å². The third kappa shape index (κ3) is 4.08. The first-order chi connectivity index (χ1) is 10.6. The second-order valence-electron chi connectivity index (χ2n) is 5.61. The predicted octanol–water partition coefficient (Wildman–Crippen LogP) is 6.42. The number of benzene rings is 2. The fraction of sp³-hybridized carbons (Fsp3) is 0.333. The van der Waals surface area contributed by atoms with Crippen LogP contribution in [0.4, 0.5) is 0 Å². The van der Waals surface area contributed by atoms with Gasteiger partial charge in [0.25, 0.3) is 0 Å². The van der Waals surface area contributed by atoms with Gasteiger partial charge in [0.1, 0.15) is 0 Å². The summed E-state index contributed by atoms with van der Waals surface area (Å²) in [4.78, 5) is 1.32. The molecule has 2 unspecified atom stereocenters. The van der Waals surface area contributed by atoms with Crippen molar-refractivity contribution in [1.29, 1.82) is 0 Å². The first-order valence-electron chi connectivity index (χ1n) is 7.41. The second kappa shape index (κ2) is 7.39. The monoisotopic (exact) mass is 396 g/mol. The zero-order chi connectivity index (χ0) is 15.5. The van der Waals surface area contributed by atoms with Crippen LogP contribution in [0.3, 0.4) is 0 Å². The minimum absolute atomic E-state index is 0.173. The van der Waals surface area contributed by atoms with Crippen molar-refractivity contribution in [3.05, 3.63) is 63.1 Å². The molecular formula is C18H18BrClOS. The van der Waals surface area contributed by atoms with Crippen LogP contribution in [-0.2, 0) is 4.74 Å². The topological polar surface area (TPSA) is 9.23 Å². The molecule has 0 spiro atoms. The van der Waals surface area contributed by atoms with E-state index >= 15 is 0 Å². The molecule has 0 N–H and O–H groups in total. The lowest BCUT2D eigenvalue weighted by Gasteiger charge is -2.29. The SMILES string of the molecule is Cc1ccc(Br)c(SC2CCOC(c3ccc(Cl)cc3)C2)c1. The van der Waals surface area contributed by atoms with Crippen molar-refractivity contribution in [2.45, 2.75) is 36.0 Å². The molecule has 0 amide bonds. The predicted molar refractivity (Wildman–Crippen MR) is 97.9 cm³/mol. The van der Waals surface area contributed by atoms with E-state index in [-0.39, 0.29) is 6.10 Å². The molecule has 4 heteroatoms. The number of hydrogen-bond donors (Lipinski definition) is 0. The van der Waals surface area contributed by atoms with Crippen molar-refractivity contribution in [3.8, 4) is 0 Å². The van der Waals surface area contributed by atoms with Gasteiger partial charge >= 0.3 is 0 Å². The molecule has 2 aromatic rings. The maximum Gasteiger partial charge on any atom is 0.0835 e. The van der Waals surface area contributed by atoms with Crippen LogP contribution >= 0.6 is 39.3 Å². The summed E-state index contributed by atoms with van der Waals surface area (Å²) in [5.41, 5.74) is 2.52. The molecule has 116 valence electrons. The Balaban J connectivity index is 1.70.